The number of anilines is 3. The third-order valence-electron chi connectivity index (χ3n) is 4.98. The normalized spacial score (nSPS) is 16.0. The van der Waals surface area contributed by atoms with Gasteiger partial charge in [-0.3, -0.25) is 19.7 Å². The molecular formula is C20H20ClN5O4. The summed E-state index contributed by atoms with van der Waals surface area (Å²) in [6.45, 7) is 1.40. The summed E-state index contributed by atoms with van der Waals surface area (Å²) in [4.78, 5) is 37.0. The first-order valence-corrected chi connectivity index (χ1v) is 9.96. The first kappa shape index (κ1) is 20.0. The van der Waals surface area contributed by atoms with E-state index < -0.39 is 10.8 Å². The van der Waals surface area contributed by atoms with Gasteiger partial charge in [-0.2, -0.15) is 0 Å². The Labute approximate surface area is 177 Å². The van der Waals surface area contributed by atoms with Gasteiger partial charge in [0.2, 0.25) is 5.91 Å². The van der Waals surface area contributed by atoms with Crippen LogP contribution < -0.4 is 20.9 Å². The SMILES string of the molecule is O=C1CN(c2ccc(NC(=O)c3ccc(NC4CC4)c([N+](=O)[O-])c3)cc2Cl)CCN1. The molecule has 0 radical (unpaired) electrons. The Morgan fingerprint density at radius 2 is 2.03 bits per heavy atom. The number of halogens is 1. The Bertz CT molecular complexity index is 1020. The first-order valence-electron chi connectivity index (χ1n) is 9.58. The van der Waals surface area contributed by atoms with Crippen molar-refractivity contribution in [3.63, 3.8) is 0 Å². The molecule has 1 aliphatic heterocycles. The van der Waals surface area contributed by atoms with Crippen molar-refractivity contribution in [2.24, 2.45) is 0 Å². The van der Waals surface area contributed by atoms with Gasteiger partial charge in [0.15, 0.2) is 0 Å². The summed E-state index contributed by atoms with van der Waals surface area (Å²) in [5.41, 5.74) is 1.62. The molecule has 30 heavy (non-hydrogen) atoms. The number of hydrogen-bond acceptors (Lipinski definition) is 6. The zero-order valence-corrected chi connectivity index (χ0v) is 16.7. The van der Waals surface area contributed by atoms with E-state index in [0.29, 0.717) is 35.2 Å². The molecule has 2 aromatic carbocycles. The monoisotopic (exact) mass is 429 g/mol. The minimum atomic E-state index is -0.498. The predicted octanol–water partition coefficient (Wildman–Crippen LogP) is 3.01. The number of carbonyl (C=O) groups excluding carboxylic acids is 2. The maximum absolute atomic E-state index is 12.6. The van der Waals surface area contributed by atoms with Crippen molar-refractivity contribution in [2.75, 3.05) is 35.2 Å². The molecule has 2 aromatic rings. The van der Waals surface area contributed by atoms with Gasteiger partial charge < -0.3 is 20.9 Å². The molecule has 9 nitrogen and oxygen atoms in total. The van der Waals surface area contributed by atoms with Crippen LogP contribution in [-0.2, 0) is 4.79 Å². The van der Waals surface area contributed by atoms with Crippen LogP contribution >= 0.6 is 11.6 Å². The van der Waals surface area contributed by atoms with Gasteiger partial charge in [-0.1, -0.05) is 11.6 Å². The van der Waals surface area contributed by atoms with Crippen molar-refractivity contribution in [3.05, 3.63) is 57.1 Å². The molecule has 2 amide bonds. The smallest absolute Gasteiger partial charge is 0.293 e. The Hall–Kier alpha value is -3.33. The van der Waals surface area contributed by atoms with Crippen LogP contribution in [0.2, 0.25) is 5.02 Å². The van der Waals surface area contributed by atoms with Crippen LogP contribution in [0.3, 0.4) is 0 Å². The van der Waals surface area contributed by atoms with Crippen LogP contribution in [0.5, 0.6) is 0 Å². The zero-order valence-electron chi connectivity index (χ0n) is 16.0. The number of carbonyl (C=O) groups is 2. The molecule has 0 bridgehead atoms. The Morgan fingerprint density at radius 3 is 2.70 bits per heavy atom. The number of piperazine rings is 1. The summed E-state index contributed by atoms with van der Waals surface area (Å²) in [6, 6.07) is 9.65. The van der Waals surface area contributed by atoms with Gasteiger partial charge in [0, 0.05) is 36.4 Å². The maximum Gasteiger partial charge on any atom is 0.293 e. The largest absolute Gasteiger partial charge is 0.377 e. The first-order chi connectivity index (χ1) is 14.4. The lowest BCUT2D eigenvalue weighted by Crippen LogP contribution is -2.47. The number of hydrogen-bond donors (Lipinski definition) is 3. The summed E-state index contributed by atoms with van der Waals surface area (Å²) < 4.78 is 0. The predicted molar refractivity (Wildman–Crippen MR) is 114 cm³/mol. The third kappa shape index (κ3) is 4.46. The Morgan fingerprint density at radius 1 is 1.23 bits per heavy atom. The Balaban J connectivity index is 1.49. The number of nitrogens with zero attached hydrogens (tertiary/aromatic N) is 2. The van der Waals surface area contributed by atoms with Crippen LogP contribution in [0, 0.1) is 10.1 Å². The van der Waals surface area contributed by atoms with E-state index in [1.165, 1.54) is 6.07 Å². The van der Waals surface area contributed by atoms with E-state index in [1.807, 2.05) is 4.90 Å². The molecule has 10 heteroatoms. The van der Waals surface area contributed by atoms with Gasteiger partial charge in [-0.05, 0) is 43.2 Å². The summed E-state index contributed by atoms with van der Waals surface area (Å²) in [6.07, 6.45) is 1.97. The topological polar surface area (TPSA) is 117 Å². The highest BCUT2D eigenvalue weighted by Crippen LogP contribution is 2.32. The minimum Gasteiger partial charge on any atom is -0.377 e. The lowest BCUT2D eigenvalue weighted by molar-refractivity contribution is -0.384. The highest BCUT2D eigenvalue weighted by molar-refractivity contribution is 6.33. The van der Waals surface area contributed by atoms with Crippen molar-refractivity contribution < 1.29 is 14.5 Å². The molecule has 156 valence electrons. The number of benzene rings is 2. The lowest BCUT2D eigenvalue weighted by Gasteiger charge is -2.29. The van der Waals surface area contributed by atoms with E-state index in [0.717, 1.165) is 12.8 Å². The number of rotatable bonds is 6. The highest BCUT2D eigenvalue weighted by atomic mass is 35.5. The van der Waals surface area contributed by atoms with Gasteiger partial charge in [-0.15, -0.1) is 0 Å². The van der Waals surface area contributed by atoms with Gasteiger partial charge in [0.1, 0.15) is 5.69 Å². The molecule has 0 aromatic heterocycles. The summed E-state index contributed by atoms with van der Waals surface area (Å²) in [7, 11) is 0. The van der Waals surface area contributed by atoms with E-state index in [1.54, 1.807) is 30.3 Å². The van der Waals surface area contributed by atoms with Crippen LogP contribution in [0.25, 0.3) is 0 Å². The molecule has 2 aliphatic rings. The highest BCUT2D eigenvalue weighted by Gasteiger charge is 2.26. The maximum atomic E-state index is 12.6. The standard InChI is InChI=1S/C20H20ClN5O4/c21-15-10-14(4-6-17(15)25-8-7-22-19(27)11-25)24-20(28)12-1-5-16(23-13-2-3-13)18(9-12)26(29)30/h1,4-6,9-10,13,23H,2-3,7-8,11H2,(H,22,27)(H,24,28). The minimum absolute atomic E-state index is 0.0732. The van der Waals surface area contributed by atoms with E-state index in [2.05, 4.69) is 16.0 Å². The Kier molecular flexibility index (Phi) is 5.45. The molecule has 1 heterocycles. The number of nitro benzene ring substituents is 1. The molecule has 0 unspecified atom stereocenters. The molecule has 0 atom stereocenters. The van der Waals surface area contributed by atoms with Crippen molar-refractivity contribution >= 4 is 46.2 Å². The second-order valence-electron chi connectivity index (χ2n) is 7.30. The summed E-state index contributed by atoms with van der Waals surface area (Å²) in [5.74, 6) is -0.548. The van der Waals surface area contributed by atoms with Crippen molar-refractivity contribution in [2.45, 2.75) is 18.9 Å². The second-order valence-corrected chi connectivity index (χ2v) is 7.71. The average Bonchev–Trinajstić information content (AvgIpc) is 3.52. The number of nitrogens with one attached hydrogen (secondary N) is 3. The van der Waals surface area contributed by atoms with Crippen LogP contribution in [0.1, 0.15) is 23.2 Å². The van der Waals surface area contributed by atoms with E-state index >= 15 is 0 Å². The van der Waals surface area contributed by atoms with Gasteiger partial charge in [0.05, 0.1) is 22.2 Å². The molecule has 1 saturated heterocycles. The fourth-order valence-electron chi connectivity index (χ4n) is 3.28. The van der Waals surface area contributed by atoms with Crippen LogP contribution in [0.15, 0.2) is 36.4 Å². The van der Waals surface area contributed by atoms with Crippen LogP contribution in [-0.4, -0.2) is 42.4 Å². The van der Waals surface area contributed by atoms with Crippen molar-refractivity contribution in [1.82, 2.24) is 5.32 Å². The van der Waals surface area contributed by atoms with Crippen molar-refractivity contribution in [1.29, 1.82) is 0 Å². The molecule has 1 saturated carbocycles. The molecule has 2 fully saturated rings. The van der Waals surface area contributed by atoms with E-state index in [-0.39, 0.29) is 29.7 Å². The molecule has 1 aliphatic carbocycles. The van der Waals surface area contributed by atoms with Crippen molar-refractivity contribution in [3.8, 4) is 0 Å². The zero-order chi connectivity index (χ0) is 21.3. The average molecular weight is 430 g/mol. The lowest BCUT2D eigenvalue weighted by atomic mass is 10.1. The fraction of sp³-hybridized carbons (Fsp3) is 0.300. The quantitative estimate of drug-likeness (QED) is 0.480. The van der Waals surface area contributed by atoms with Gasteiger partial charge in [-0.25, -0.2) is 0 Å². The van der Waals surface area contributed by atoms with Gasteiger partial charge in [0.25, 0.3) is 11.6 Å². The number of amides is 2. The van der Waals surface area contributed by atoms with Gasteiger partial charge >= 0.3 is 0 Å². The summed E-state index contributed by atoms with van der Waals surface area (Å²) >= 11 is 6.36. The second kappa shape index (κ2) is 8.19. The summed E-state index contributed by atoms with van der Waals surface area (Å²) in [5, 5.41) is 20.4. The fourth-order valence-corrected chi connectivity index (χ4v) is 3.58. The molecule has 4 rings (SSSR count). The molecule has 0 spiro atoms. The molecule has 3 N–H and O–H groups in total. The van der Waals surface area contributed by atoms with Crippen LogP contribution in [0.4, 0.5) is 22.7 Å². The van der Waals surface area contributed by atoms with E-state index in [4.69, 9.17) is 11.6 Å². The molecular weight excluding hydrogens is 410 g/mol. The number of nitro groups is 1. The van der Waals surface area contributed by atoms with E-state index in [9.17, 15) is 19.7 Å². The third-order valence-corrected chi connectivity index (χ3v) is 5.28.